The van der Waals surface area contributed by atoms with E-state index in [4.69, 9.17) is 4.74 Å². The molecular weight excluding hydrogens is 458 g/mol. The maximum atomic E-state index is 14.0. The molecule has 8 heteroatoms. The quantitative estimate of drug-likeness (QED) is 0.535. The van der Waals surface area contributed by atoms with Gasteiger partial charge in [0, 0.05) is 12.6 Å². The molecule has 36 heavy (non-hydrogen) atoms. The summed E-state index contributed by atoms with van der Waals surface area (Å²) in [5.74, 6) is -2.19. The molecule has 4 fully saturated rings. The minimum atomic E-state index is -1.08. The van der Waals surface area contributed by atoms with Gasteiger partial charge in [0.2, 0.25) is 17.7 Å². The zero-order valence-electron chi connectivity index (χ0n) is 21.5. The van der Waals surface area contributed by atoms with Crippen LogP contribution in [0.2, 0.25) is 0 Å². The monoisotopic (exact) mass is 497 g/mol. The predicted molar refractivity (Wildman–Crippen MR) is 133 cm³/mol. The third-order valence-electron chi connectivity index (χ3n) is 9.28. The van der Waals surface area contributed by atoms with Crippen LogP contribution >= 0.6 is 0 Å². The SMILES string of the molecule is CC1CC23O[C@@]1(C)[C@H](C(=O)NCc1ccccc1)[C@H]2C(=O)N([C@H](C)CO)C3C(=O)NC1CCCCC1. The standard InChI is InChI=1S/C28H39N3O5/c1-17-14-28-22(21(27(17,3)36-28)24(33)29-15-19-10-6-4-7-11-19)26(35)31(18(2)16-32)23(28)25(34)30-20-12-8-5-9-13-20/h4,6-7,10-11,17-18,20-23,32H,5,8-9,12-16H2,1-3H3,(H,29,33)(H,30,34)/t17?,18-,21+,22+,23?,27-,28?/m1/s1. The molecule has 1 aromatic carbocycles. The highest BCUT2D eigenvalue weighted by Gasteiger charge is 2.80. The number of aliphatic hydroxyl groups excluding tert-OH is 1. The first-order valence-electron chi connectivity index (χ1n) is 13.5. The topological polar surface area (TPSA) is 108 Å². The van der Waals surface area contributed by atoms with Crippen molar-refractivity contribution >= 4 is 17.7 Å². The summed E-state index contributed by atoms with van der Waals surface area (Å²) in [6.45, 7) is 5.80. The predicted octanol–water partition coefficient (Wildman–Crippen LogP) is 2.14. The van der Waals surface area contributed by atoms with E-state index in [1.807, 2.05) is 44.2 Å². The third-order valence-corrected chi connectivity index (χ3v) is 9.28. The molecule has 3 saturated heterocycles. The molecule has 1 aliphatic carbocycles. The van der Waals surface area contributed by atoms with Crippen LogP contribution < -0.4 is 10.6 Å². The Bertz CT molecular complexity index is 1010. The number of ether oxygens (including phenoxy) is 1. The molecule has 196 valence electrons. The van der Waals surface area contributed by atoms with Crippen molar-refractivity contribution in [2.24, 2.45) is 17.8 Å². The molecule has 3 heterocycles. The van der Waals surface area contributed by atoms with Gasteiger partial charge in [-0.15, -0.1) is 0 Å². The molecule has 1 saturated carbocycles. The Balaban J connectivity index is 1.47. The van der Waals surface area contributed by atoms with Crippen molar-refractivity contribution in [2.75, 3.05) is 6.61 Å². The normalized spacial score (nSPS) is 36.6. The van der Waals surface area contributed by atoms with Crippen LogP contribution in [0.15, 0.2) is 30.3 Å². The highest BCUT2D eigenvalue weighted by Crippen LogP contribution is 2.65. The van der Waals surface area contributed by atoms with Crippen molar-refractivity contribution in [3.8, 4) is 0 Å². The molecule has 8 nitrogen and oxygen atoms in total. The van der Waals surface area contributed by atoms with E-state index in [2.05, 4.69) is 10.6 Å². The Morgan fingerprint density at radius 1 is 1.17 bits per heavy atom. The summed E-state index contributed by atoms with van der Waals surface area (Å²) in [5.41, 5.74) is -0.956. The summed E-state index contributed by atoms with van der Waals surface area (Å²) in [6.07, 6.45) is 5.71. The highest BCUT2D eigenvalue weighted by molar-refractivity contribution is 5.99. The van der Waals surface area contributed by atoms with Gasteiger partial charge in [0.25, 0.3) is 0 Å². The van der Waals surface area contributed by atoms with Gasteiger partial charge >= 0.3 is 0 Å². The van der Waals surface area contributed by atoms with Gasteiger partial charge in [0.1, 0.15) is 11.6 Å². The smallest absolute Gasteiger partial charge is 0.246 e. The average molecular weight is 498 g/mol. The molecule has 3 aliphatic heterocycles. The number of benzene rings is 1. The van der Waals surface area contributed by atoms with Crippen LogP contribution in [0.25, 0.3) is 0 Å². The number of fused-ring (bicyclic) bond motifs is 1. The number of nitrogens with one attached hydrogen (secondary N) is 2. The van der Waals surface area contributed by atoms with E-state index in [0.29, 0.717) is 13.0 Å². The molecule has 0 aromatic heterocycles. The first kappa shape index (κ1) is 25.2. The lowest BCUT2D eigenvalue weighted by Gasteiger charge is -2.37. The first-order valence-corrected chi connectivity index (χ1v) is 13.5. The van der Waals surface area contributed by atoms with E-state index in [-0.39, 0.29) is 36.3 Å². The van der Waals surface area contributed by atoms with Crippen molar-refractivity contribution in [1.29, 1.82) is 0 Å². The molecule has 2 bridgehead atoms. The number of carbonyl (C=O) groups is 3. The Morgan fingerprint density at radius 3 is 2.53 bits per heavy atom. The Hall–Kier alpha value is -2.45. The van der Waals surface area contributed by atoms with E-state index in [9.17, 15) is 19.5 Å². The number of hydrogen-bond acceptors (Lipinski definition) is 5. The lowest BCUT2D eigenvalue weighted by Crippen LogP contribution is -2.59. The van der Waals surface area contributed by atoms with Crippen LogP contribution in [0.3, 0.4) is 0 Å². The second kappa shape index (κ2) is 9.45. The molecule has 1 aromatic rings. The molecular formula is C28H39N3O5. The van der Waals surface area contributed by atoms with E-state index in [1.54, 1.807) is 6.92 Å². The van der Waals surface area contributed by atoms with E-state index >= 15 is 0 Å². The van der Waals surface area contributed by atoms with Gasteiger partial charge in [-0.2, -0.15) is 0 Å². The molecule has 7 atom stereocenters. The largest absolute Gasteiger partial charge is 0.394 e. The average Bonchev–Trinajstić information content (AvgIpc) is 3.40. The van der Waals surface area contributed by atoms with E-state index < -0.39 is 35.1 Å². The van der Waals surface area contributed by atoms with Gasteiger partial charge in [0.15, 0.2) is 0 Å². The lowest BCUT2D eigenvalue weighted by atomic mass is 9.62. The molecule has 3 N–H and O–H groups in total. The third kappa shape index (κ3) is 3.84. The van der Waals surface area contributed by atoms with Gasteiger partial charge in [0.05, 0.1) is 30.1 Å². The van der Waals surface area contributed by atoms with Crippen molar-refractivity contribution < 1.29 is 24.2 Å². The Kier molecular flexibility index (Phi) is 6.62. The van der Waals surface area contributed by atoms with Crippen molar-refractivity contribution in [1.82, 2.24) is 15.5 Å². The van der Waals surface area contributed by atoms with Crippen LogP contribution in [0.1, 0.15) is 64.9 Å². The first-order chi connectivity index (χ1) is 17.2. The summed E-state index contributed by atoms with van der Waals surface area (Å²) < 4.78 is 6.72. The second-order valence-corrected chi connectivity index (χ2v) is 11.5. The lowest BCUT2D eigenvalue weighted by molar-refractivity contribution is -0.150. The molecule has 4 aliphatic rings. The van der Waals surface area contributed by atoms with Crippen molar-refractivity contribution in [3.05, 3.63) is 35.9 Å². The minimum absolute atomic E-state index is 0.0108. The molecule has 3 unspecified atom stereocenters. The summed E-state index contributed by atoms with van der Waals surface area (Å²) in [4.78, 5) is 43.0. The maximum absolute atomic E-state index is 14.0. The van der Waals surface area contributed by atoms with E-state index in [0.717, 1.165) is 31.2 Å². The number of hydrogen-bond donors (Lipinski definition) is 3. The van der Waals surface area contributed by atoms with Crippen LogP contribution in [-0.2, 0) is 25.7 Å². The number of rotatable bonds is 7. The van der Waals surface area contributed by atoms with Gasteiger partial charge in [-0.05, 0) is 44.6 Å². The minimum Gasteiger partial charge on any atom is -0.394 e. The fraction of sp³-hybridized carbons (Fsp3) is 0.679. The van der Waals surface area contributed by atoms with Gasteiger partial charge in [-0.25, -0.2) is 0 Å². The zero-order chi connectivity index (χ0) is 25.7. The summed E-state index contributed by atoms with van der Waals surface area (Å²) in [6, 6.07) is 8.32. The zero-order valence-corrected chi connectivity index (χ0v) is 21.5. The van der Waals surface area contributed by atoms with Crippen LogP contribution in [0.4, 0.5) is 0 Å². The Labute approximate surface area is 213 Å². The van der Waals surface area contributed by atoms with Crippen LogP contribution in [0, 0.1) is 17.8 Å². The number of likely N-dealkylation sites (tertiary alicyclic amines) is 1. The van der Waals surface area contributed by atoms with Crippen LogP contribution in [0.5, 0.6) is 0 Å². The fourth-order valence-electron chi connectivity index (χ4n) is 7.36. The Morgan fingerprint density at radius 2 is 1.86 bits per heavy atom. The summed E-state index contributed by atoms with van der Waals surface area (Å²) in [7, 11) is 0. The molecule has 3 amide bonds. The summed E-state index contributed by atoms with van der Waals surface area (Å²) in [5, 5.41) is 16.2. The van der Waals surface area contributed by atoms with Crippen molar-refractivity contribution in [3.63, 3.8) is 0 Å². The second-order valence-electron chi connectivity index (χ2n) is 11.5. The highest BCUT2D eigenvalue weighted by atomic mass is 16.5. The number of carbonyl (C=O) groups excluding carboxylic acids is 3. The molecule has 5 rings (SSSR count). The van der Waals surface area contributed by atoms with Gasteiger partial charge in [-0.3, -0.25) is 14.4 Å². The van der Waals surface area contributed by atoms with Gasteiger partial charge in [-0.1, -0.05) is 56.5 Å². The fourth-order valence-corrected chi connectivity index (χ4v) is 7.36. The van der Waals surface area contributed by atoms with Crippen molar-refractivity contribution in [2.45, 2.75) is 95.2 Å². The molecule has 0 radical (unpaired) electrons. The summed E-state index contributed by atoms with van der Waals surface area (Å²) >= 11 is 0. The van der Waals surface area contributed by atoms with Crippen LogP contribution in [-0.4, -0.2) is 63.7 Å². The van der Waals surface area contributed by atoms with E-state index in [1.165, 1.54) is 11.3 Å². The maximum Gasteiger partial charge on any atom is 0.246 e. The van der Waals surface area contributed by atoms with Gasteiger partial charge < -0.3 is 25.4 Å². The number of aliphatic hydroxyl groups is 1. The molecule has 1 spiro atoms. The number of amides is 3. The number of nitrogens with zero attached hydrogens (tertiary/aromatic N) is 1.